The molecule has 0 amide bonds. The fourth-order valence-corrected chi connectivity index (χ4v) is 3.11. The van der Waals surface area contributed by atoms with Crippen molar-refractivity contribution in [1.82, 2.24) is 14.9 Å². The Morgan fingerprint density at radius 2 is 1.97 bits per heavy atom. The van der Waals surface area contributed by atoms with Crippen LogP contribution in [-0.2, 0) is 4.74 Å². The van der Waals surface area contributed by atoms with E-state index in [1.54, 1.807) is 24.1 Å². The minimum absolute atomic E-state index is 0.306. The van der Waals surface area contributed by atoms with E-state index in [2.05, 4.69) is 28.0 Å². The molecule has 7 heteroatoms. The molecule has 0 spiro atoms. The Morgan fingerprint density at radius 3 is 2.59 bits per heavy atom. The number of hydrogen-bond donors (Lipinski definition) is 1. The van der Waals surface area contributed by atoms with Gasteiger partial charge in [-0.1, -0.05) is 13.3 Å². The molecule has 0 bridgehead atoms. The van der Waals surface area contributed by atoms with Gasteiger partial charge in [0.25, 0.3) is 0 Å². The fraction of sp³-hybridized carbons (Fsp3) is 0.409. The van der Waals surface area contributed by atoms with Crippen molar-refractivity contribution in [2.45, 2.75) is 40.5 Å². The molecule has 1 N–H and O–H groups in total. The second-order valence-electron chi connectivity index (χ2n) is 6.78. The van der Waals surface area contributed by atoms with Crippen LogP contribution in [0.25, 0.3) is 5.69 Å². The van der Waals surface area contributed by atoms with E-state index in [0.29, 0.717) is 17.3 Å². The van der Waals surface area contributed by atoms with Gasteiger partial charge in [0.15, 0.2) is 5.11 Å². The maximum Gasteiger partial charge on any atom is 0.338 e. The molecule has 0 radical (unpaired) electrons. The zero-order valence-electron chi connectivity index (χ0n) is 17.9. The minimum Gasteiger partial charge on any atom is -0.462 e. The van der Waals surface area contributed by atoms with Gasteiger partial charge in [0.1, 0.15) is 0 Å². The Balaban J connectivity index is 2.15. The molecule has 2 aromatic rings. The van der Waals surface area contributed by atoms with Crippen LogP contribution in [0.15, 0.2) is 35.4 Å². The van der Waals surface area contributed by atoms with Crippen LogP contribution in [0.3, 0.4) is 0 Å². The average Bonchev–Trinajstić information content (AvgIpc) is 2.99. The summed E-state index contributed by atoms with van der Waals surface area (Å²) in [7, 11) is 1.84. The highest BCUT2D eigenvalue weighted by atomic mass is 32.1. The van der Waals surface area contributed by atoms with Crippen molar-refractivity contribution < 1.29 is 9.53 Å². The van der Waals surface area contributed by atoms with Crippen molar-refractivity contribution in [1.29, 1.82) is 0 Å². The van der Waals surface area contributed by atoms with Crippen molar-refractivity contribution in [2.75, 3.05) is 20.2 Å². The molecule has 0 saturated heterocycles. The largest absolute Gasteiger partial charge is 0.462 e. The third-order valence-electron chi connectivity index (χ3n) is 4.58. The highest BCUT2D eigenvalue weighted by molar-refractivity contribution is 7.80. The van der Waals surface area contributed by atoms with Crippen LogP contribution < -0.4 is 5.32 Å². The maximum atomic E-state index is 11.9. The van der Waals surface area contributed by atoms with Crippen LogP contribution in [0.1, 0.15) is 54.0 Å². The molecule has 0 unspecified atom stereocenters. The fourth-order valence-electron chi connectivity index (χ4n) is 2.96. The molecule has 29 heavy (non-hydrogen) atoms. The normalized spacial score (nSPS) is 10.9. The molecule has 156 valence electrons. The molecule has 0 aliphatic carbocycles. The first-order valence-electron chi connectivity index (χ1n) is 9.91. The summed E-state index contributed by atoms with van der Waals surface area (Å²) in [6, 6.07) is 9.50. The molecular weight excluding hydrogens is 384 g/mol. The molecule has 1 heterocycles. The average molecular weight is 415 g/mol. The predicted octanol–water partition coefficient (Wildman–Crippen LogP) is 4.21. The van der Waals surface area contributed by atoms with Gasteiger partial charge in [-0.15, -0.1) is 0 Å². The summed E-state index contributed by atoms with van der Waals surface area (Å²) < 4.78 is 7.18. The van der Waals surface area contributed by atoms with E-state index in [1.165, 1.54) is 0 Å². The van der Waals surface area contributed by atoms with E-state index in [4.69, 9.17) is 17.0 Å². The standard InChI is InChI=1S/C22H30N4O2S/c1-6-8-13-23-22(29)25(5)24-15-19-14-16(3)26(17(19)4)20-11-9-18(10-12-20)21(27)28-7-2/h9-12,14-15H,6-8,13H2,1-5H3,(H,23,29)/b24-15+. The molecule has 0 aliphatic rings. The molecule has 0 saturated carbocycles. The van der Waals surface area contributed by atoms with Crippen LogP contribution in [0.5, 0.6) is 0 Å². The van der Waals surface area contributed by atoms with Crippen LogP contribution in [-0.4, -0.2) is 47.1 Å². The highest BCUT2D eigenvalue weighted by Crippen LogP contribution is 2.20. The number of aromatic nitrogens is 1. The first-order valence-corrected chi connectivity index (χ1v) is 10.3. The number of thiocarbonyl (C=S) groups is 1. The van der Waals surface area contributed by atoms with Crippen molar-refractivity contribution >= 4 is 29.5 Å². The number of esters is 1. The van der Waals surface area contributed by atoms with Crippen molar-refractivity contribution in [3.05, 3.63) is 52.8 Å². The quantitative estimate of drug-likeness (QED) is 0.231. The van der Waals surface area contributed by atoms with E-state index in [-0.39, 0.29) is 5.97 Å². The maximum absolute atomic E-state index is 11.9. The Labute approximate surface area is 178 Å². The summed E-state index contributed by atoms with van der Waals surface area (Å²) in [6.45, 7) is 9.26. The van der Waals surface area contributed by atoms with Gasteiger partial charge < -0.3 is 14.6 Å². The van der Waals surface area contributed by atoms with Gasteiger partial charge in [-0.25, -0.2) is 9.80 Å². The van der Waals surface area contributed by atoms with E-state index >= 15 is 0 Å². The number of hydrazone groups is 1. The number of benzene rings is 1. The van der Waals surface area contributed by atoms with E-state index in [9.17, 15) is 4.79 Å². The number of carbonyl (C=O) groups is 1. The Bertz CT molecular complexity index is 872. The van der Waals surface area contributed by atoms with E-state index < -0.39 is 0 Å². The zero-order valence-corrected chi connectivity index (χ0v) is 18.7. The van der Waals surface area contributed by atoms with Gasteiger partial charge in [-0.3, -0.25) is 0 Å². The highest BCUT2D eigenvalue weighted by Gasteiger charge is 2.12. The molecular formula is C22H30N4O2S. The summed E-state index contributed by atoms with van der Waals surface area (Å²) in [4.78, 5) is 11.9. The van der Waals surface area contributed by atoms with Crippen LogP contribution in [0.4, 0.5) is 0 Å². The molecule has 0 fully saturated rings. The summed E-state index contributed by atoms with van der Waals surface area (Å²) in [5, 5.41) is 9.95. The molecule has 0 aliphatic heterocycles. The van der Waals surface area contributed by atoms with Crippen LogP contribution in [0.2, 0.25) is 0 Å². The molecule has 0 atom stereocenters. The van der Waals surface area contributed by atoms with E-state index in [0.717, 1.165) is 42.0 Å². The van der Waals surface area contributed by atoms with Gasteiger partial charge in [-0.2, -0.15) is 5.10 Å². The molecule has 1 aromatic carbocycles. The summed E-state index contributed by atoms with van der Waals surface area (Å²) in [6.07, 6.45) is 4.02. The molecule has 6 nitrogen and oxygen atoms in total. The number of ether oxygens (including phenoxy) is 1. The Morgan fingerprint density at radius 1 is 1.28 bits per heavy atom. The van der Waals surface area contributed by atoms with Crippen LogP contribution >= 0.6 is 12.2 Å². The number of nitrogens with zero attached hydrogens (tertiary/aromatic N) is 3. The smallest absolute Gasteiger partial charge is 0.338 e. The third-order valence-corrected chi connectivity index (χ3v) is 4.99. The Hall–Kier alpha value is -2.67. The summed E-state index contributed by atoms with van der Waals surface area (Å²) in [5.41, 5.74) is 4.69. The first-order chi connectivity index (χ1) is 13.9. The summed E-state index contributed by atoms with van der Waals surface area (Å²) >= 11 is 5.36. The lowest BCUT2D eigenvalue weighted by Crippen LogP contribution is -2.34. The number of unbranched alkanes of at least 4 members (excludes halogenated alkanes) is 1. The zero-order chi connectivity index (χ0) is 21.4. The van der Waals surface area contributed by atoms with Crippen molar-refractivity contribution in [2.24, 2.45) is 5.10 Å². The number of hydrogen-bond acceptors (Lipinski definition) is 4. The molecule has 1 aromatic heterocycles. The Kier molecular flexibility index (Phi) is 8.39. The van der Waals surface area contributed by atoms with E-state index in [1.807, 2.05) is 39.2 Å². The third kappa shape index (κ3) is 5.90. The lowest BCUT2D eigenvalue weighted by molar-refractivity contribution is 0.0526. The van der Waals surface area contributed by atoms with Crippen molar-refractivity contribution in [3.63, 3.8) is 0 Å². The lowest BCUT2D eigenvalue weighted by Gasteiger charge is -2.15. The SMILES string of the molecule is CCCCNC(=S)N(C)/N=C/c1cc(C)n(-c2ccc(C(=O)OCC)cc2)c1C. The first kappa shape index (κ1) is 22.6. The summed E-state index contributed by atoms with van der Waals surface area (Å²) in [5.74, 6) is -0.306. The van der Waals surface area contributed by atoms with Gasteiger partial charge in [0, 0.05) is 36.2 Å². The monoisotopic (exact) mass is 414 g/mol. The number of nitrogens with one attached hydrogen (secondary N) is 1. The number of rotatable bonds is 8. The van der Waals surface area contributed by atoms with Gasteiger partial charge in [-0.05, 0) is 69.7 Å². The number of aryl methyl sites for hydroxylation is 1. The van der Waals surface area contributed by atoms with Gasteiger partial charge >= 0.3 is 5.97 Å². The van der Waals surface area contributed by atoms with Crippen molar-refractivity contribution in [3.8, 4) is 5.69 Å². The lowest BCUT2D eigenvalue weighted by atomic mass is 10.2. The van der Waals surface area contributed by atoms with Gasteiger partial charge in [0.2, 0.25) is 0 Å². The van der Waals surface area contributed by atoms with Gasteiger partial charge in [0.05, 0.1) is 18.4 Å². The molecule has 2 rings (SSSR count). The van der Waals surface area contributed by atoms with Crippen LogP contribution in [0, 0.1) is 13.8 Å². The topological polar surface area (TPSA) is 58.9 Å². The second kappa shape index (κ2) is 10.8. The second-order valence-corrected chi connectivity index (χ2v) is 7.17. The number of carbonyl (C=O) groups excluding carboxylic acids is 1. The minimum atomic E-state index is -0.306. The predicted molar refractivity (Wildman–Crippen MR) is 122 cm³/mol.